The Hall–Kier alpha value is -3.90. The second-order valence-corrected chi connectivity index (χ2v) is 7.80. The Labute approximate surface area is 190 Å². The van der Waals surface area contributed by atoms with Gasteiger partial charge in [-0.2, -0.15) is 0 Å². The molecule has 0 saturated carbocycles. The summed E-state index contributed by atoms with van der Waals surface area (Å²) in [4.78, 5) is 21.9. The van der Waals surface area contributed by atoms with Gasteiger partial charge in [0.2, 0.25) is 0 Å². The van der Waals surface area contributed by atoms with E-state index in [4.69, 9.17) is 11.6 Å². The molecule has 5 aromatic rings. The lowest BCUT2D eigenvalue weighted by Crippen LogP contribution is -2.03. The molecular weight excluding hydrogens is 420 g/mol. The van der Waals surface area contributed by atoms with Crippen LogP contribution in [0.1, 0.15) is 11.1 Å². The Morgan fingerprint density at radius 3 is 2.44 bits per heavy atom. The summed E-state index contributed by atoms with van der Waals surface area (Å²) in [5, 5.41) is 5.87. The van der Waals surface area contributed by atoms with Crippen molar-refractivity contribution < 1.29 is 0 Å². The van der Waals surface area contributed by atoms with Gasteiger partial charge in [-0.1, -0.05) is 17.7 Å². The molecule has 0 amide bonds. The van der Waals surface area contributed by atoms with Gasteiger partial charge in [0.15, 0.2) is 0 Å². The number of anilines is 1. The van der Waals surface area contributed by atoms with Gasteiger partial charge in [-0.25, -0.2) is 9.97 Å². The number of hydrogen-bond donors (Lipinski definition) is 1. The van der Waals surface area contributed by atoms with E-state index in [1.165, 1.54) is 0 Å². The van der Waals surface area contributed by atoms with E-state index >= 15 is 0 Å². The van der Waals surface area contributed by atoms with E-state index in [0.29, 0.717) is 11.7 Å². The van der Waals surface area contributed by atoms with E-state index in [1.54, 1.807) is 30.9 Å². The predicted octanol–water partition coefficient (Wildman–Crippen LogP) is 5.72. The van der Waals surface area contributed by atoms with Crippen molar-refractivity contribution >= 4 is 28.2 Å². The smallest absolute Gasteiger partial charge is 0.135 e. The molecule has 1 N–H and O–H groups in total. The summed E-state index contributed by atoms with van der Waals surface area (Å²) in [6.45, 7) is 2.68. The number of hydrogen-bond acceptors (Lipinski definition) is 6. The Balaban J connectivity index is 1.38. The van der Waals surface area contributed by atoms with Crippen molar-refractivity contribution in [3.05, 3.63) is 95.9 Å². The van der Waals surface area contributed by atoms with Gasteiger partial charge in [0, 0.05) is 60.2 Å². The number of rotatable bonds is 5. The van der Waals surface area contributed by atoms with Crippen LogP contribution < -0.4 is 5.32 Å². The van der Waals surface area contributed by atoms with Gasteiger partial charge in [-0.3, -0.25) is 15.0 Å². The molecule has 0 aliphatic heterocycles. The quantitative estimate of drug-likeness (QED) is 0.353. The SMILES string of the molecule is Cc1cc(CNc2nccc3cc(-c4ccnc(Cl)c4)ncc23)cnc1-c1ccncc1. The summed E-state index contributed by atoms with van der Waals surface area (Å²) in [5.74, 6) is 0.783. The Kier molecular flexibility index (Phi) is 5.44. The number of pyridine rings is 5. The topological polar surface area (TPSA) is 76.5 Å². The molecule has 5 heterocycles. The molecule has 156 valence electrons. The van der Waals surface area contributed by atoms with Gasteiger partial charge < -0.3 is 5.32 Å². The lowest BCUT2D eigenvalue weighted by Gasteiger charge is -2.11. The lowest BCUT2D eigenvalue weighted by molar-refractivity contribution is 1.08. The van der Waals surface area contributed by atoms with Gasteiger partial charge in [0.05, 0.1) is 11.4 Å². The third kappa shape index (κ3) is 4.13. The molecule has 6 nitrogen and oxygen atoms in total. The standard InChI is InChI=1S/C25H19ClN6/c1-16-10-17(13-31-24(16)18-2-6-27-7-3-18)14-32-25-21-15-30-22(11-19(21)4-9-29-25)20-5-8-28-23(26)12-20/h2-13,15H,14H2,1H3,(H,29,32). The highest BCUT2D eigenvalue weighted by Crippen LogP contribution is 2.27. The Morgan fingerprint density at radius 1 is 0.812 bits per heavy atom. The maximum absolute atomic E-state index is 6.03. The maximum atomic E-state index is 6.03. The number of aryl methyl sites for hydroxylation is 1. The first kappa shape index (κ1) is 20.0. The highest BCUT2D eigenvalue weighted by molar-refractivity contribution is 6.29. The van der Waals surface area contributed by atoms with Crippen LogP contribution in [0.2, 0.25) is 5.15 Å². The zero-order chi connectivity index (χ0) is 21.9. The van der Waals surface area contributed by atoms with E-state index in [0.717, 1.165) is 50.2 Å². The van der Waals surface area contributed by atoms with Crippen LogP contribution in [0.3, 0.4) is 0 Å². The summed E-state index contributed by atoms with van der Waals surface area (Å²) in [6.07, 6.45) is 10.8. The molecule has 0 fully saturated rings. The van der Waals surface area contributed by atoms with Gasteiger partial charge in [0.25, 0.3) is 0 Å². The molecule has 0 atom stereocenters. The van der Waals surface area contributed by atoms with Gasteiger partial charge in [-0.05, 0) is 59.8 Å². The van der Waals surface area contributed by atoms with Crippen LogP contribution >= 0.6 is 11.6 Å². The molecule has 7 heteroatoms. The summed E-state index contributed by atoms with van der Waals surface area (Å²) in [5.41, 5.74) is 5.98. The highest BCUT2D eigenvalue weighted by Gasteiger charge is 2.08. The molecule has 0 spiro atoms. The van der Waals surface area contributed by atoms with E-state index in [1.807, 2.05) is 42.7 Å². The van der Waals surface area contributed by atoms with Crippen LogP contribution in [0.5, 0.6) is 0 Å². The molecule has 0 saturated heterocycles. The minimum Gasteiger partial charge on any atom is -0.365 e. The summed E-state index contributed by atoms with van der Waals surface area (Å²) < 4.78 is 0. The zero-order valence-corrected chi connectivity index (χ0v) is 18.1. The van der Waals surface area contributed by atoms with E-state index in [2.05, 4.69) is 43.2 Å². The zero-order valence-electron chi connectivity index (χ0n) is 17.3. The molecule has 0 bridgehead atoms. The number of aromatic nitrogens is 5. The second kappa shape index (κ2) is 8.69. The van der Waals surface area contributed by atoms with E-state index in [9.17, 15) is 0 Å². The van der Waals surface area contributed by atoms with Crippen molar-refractivity contribution in [1.29, 1.82) is 0 Å². The predicted molar refractivity (Wildman–Crippen MR) is 127 cm³/mol. The van der Waals surface area contributed by atoms with Crippen LogP contribution in [0.15, 0.2) is 79.6 Å². The van der Waals surface area contributed by atoms with Crippen LogP contribution in [-0.4, -0.2) is 24.9 Å². The molecule has 0 unspecified atom stereocenters. The van der Waals surface area contributed by atoms with Gasteiger partial charge in [0.1, 0.15) is 11.0 Å². The first-order valence-corrected chi connectivity index (χ1v) is 10.5. The fourth-order valence-electron chi connectivity index (χ4n) is 3.66. The molecule has 5 rings (SSSR count). The first-order chi connectivity index (χ1) is 15.7. The Morgan fingerprint density at radius 2 is 1.62 bits per heavy atom. The van der Waals surface area contributed by atoms with E-state index in [-0.39, 0.29) is 0 Å². The molecular formula is C25H19ClN6. The summed E-state index contributed by atoms with van der Waals surface area (Å²) in [7, 11) is 0. The maximum Gasteiger partial charge on any atom is 0.135 e. The van der Waals surface area contributed by atoms with Crippen molar-refractivity contribution in [2.24, 2.45) is 0 Å². The van der Waals surface area contributed by atoms with Crippen LogP contribution in [0, 0.1) is 6.92 Å². The number of halogens is 1. The fraction of sp³-hybridized carbons (Fsp3) is 0.0800. The molecule has 0 aromatic carbocycles. The molecule has 0 aliphatic rings. The van der Waals surface area contributed by atoms with E-state index < -0.39 is 0 Å². The minimum atomic E-state index is 0.445. The summed E-state index contributed by atoms with van der Waals surface area (Å²) >= 11 is 6.03. The van der Waals surface area contributed by atoms with Crippen molar-refractivity contribution in [3.8, 4) is 22.5 Å². The van der Waals surface area contributed by atoms with Gasteiger partial charge in [-0.15, -0.1) is 0 Å². The average molecular weight is 439 g/mol. The third-order valence-electron chi connectivity index (χ3n) is 5.22. The highest BCUT2D eigenvalue weighted by atomic mass is 35.5. The number of nitrogens with zero attached hydrogens (tertiary/aromatic N) is 5. The lowest BCUT2D eigenvalue weighted by atomic mass is 10.1. The Bertz CT molecular complexity index is 1400. The van der Waals surface area contributed by atoms with Gasteiger partial charge >= 0.3 is 0 Å². The fourth-order valence-corrected chi connectivity index (χ4v) is 3.83. The van der Waals surface area contributed by atoms with Crippen LogP contribution in [0.4, 0.5) is 5.82 Å². The van der Waals surface area contributed by atoms with Crippen LogP contribution in [0.25, 0.3) is 33.3 Å². The minimum absolute atomic E-state index is 0.445. The third-order valence-corrected chi connectivity index (χ3v) is 5.43. The monoisotopic (exact) mass is 438 g/mol. The second-order valence-electron chi connectivity index (χ2n) is 7.42. The normalized spacial score (nSPS) is 10.9. The van der Waals surface area contributed by atoms with Crippen LogP contribution in [-0.2, 0) is 6.54 Å². The molecule has 0 radical (unpaired) electrons. The molecule has 32 heavy (non-hydrogen) atoms. The van der Waals surface area contributed by atoms with Crippen molar-refractivity contribution in [2.75, 3.05) is 5.32 Å². The number of nitrogens with one attached hydrogen (secondary N) is 1. The molecule has 0 aliphatic carbocycles. The van der Waals surface area contributed by atoms with Crippen molar-refractivity contribution in [3.63, 3.8) is 0 Å². The number of fused-ring (bicyclic) bond motifs is 1. The van der Waals surface area contributed by atoms with Crippen molar-refractivity contribution in [1.82, 2.24) is 24.9 Å². The van der Waals surface area contributed by atoms with Crippen molar-refractivity contribution in [2.45, 2.75) is 13.5 Å². The molecule has 5 aromatic heterocycles. The first-order valence-electron chi connectivity index (χ1n) is 10.1. The largest absolute Gasteiger partial charge is 0.365 e. The average Bonchev–Trinajstić information content (AvgIpc) is 2.83. The summed E-state index contributed by atoms with van der Waals surface area (Å²) in [6, 6.07) is 13.8.